The molecule has 3 unspecified atom stereocenters. The molecule has 2 amide bonds. The van der Waals surface area contributed by atoms with Crippen LogP contribution in [0.15, 0.2) is 52.3 Å². The van der Waals surface area contributed by atoms with E-state index in [1.807, 2.05) is 0 Å². The number of amides is 2. The Morgan fingerprint density at radius 1 is 1.00 bits per heavy atom. The number of hydrogen-bond donors (Lipinski definition) is 0. The molecule has 2 aliphatic heterocycles. The molecule has 3 aromatic rings. The van der Waals surface area contributed by atoms with E-state index in [4.69, 9.17) is 25.8 Å². The van der Waals surface area contributed by atoms with Gasteiger partial charge in [-0.1, -0.05) is 40.8 Å². The first kappa shape index (κ1) is 26.3. The van der Waals surface area contributed by atoms with Crippen molar-refractivity contribution in [3.63, 3.8) is 0 Å². The Kier molecular flexibility index (Phi) is 7.26. The lowest BCUT2D eigenvalue weighted by Gasteiger charge is -2.31. The number of halogens is 1. The van der Waals surface area contributed by atoms with Crippen molar-refractivity contribution < 1.29 is 28.6 Å². The zero-order chi connectivity index (χ0) is 27.1. The van der Waals surface area contributed by atoms with E-state index in [0.717, 1.165) is 23.1 Å². The number of thioether (sulfide) groups is 1. The zero-order valence-corrected chi connectivity index (χ0v) is 23.0. The van der Waals surface area contributed by atoms with Crippen LogP contribution in [0.25, 0.3) is 0 Å². The van der Waals surface area contributed by atoms with Gasteiger partial charge in [-0.3, -0.25) is 23.7 Å². The first-order valence-electron chi connectivity index (χ1n) is 11.7. The SMILES string of the molecule is CCOC(=O)Cn1c2c(sc1=O)C(c1ccc(OC)c(OC)c1)C1C(=O)N(c3ccc(Cl)cc3)C(=O)C1S2. The third-order valence-electron chi connectivity index (χ3n) is 6.49. The van der Waals surface area contributed by atoms with Crippen LogP contribution in [0.3, 0.4) is 0 Å². The van der Waals surface area contributed by atoms with E-state index in [-0.39, 0.29) is 23.9 Å². The summed E-state index contributed by atoms with van der Waals surface area (Å²) in [5.74, 6) is -1.80. The monoisotopic (exact) mass is 574 g/mol. The van der Waals surface area contributed by atoms with Crippen molar-refractivity contribution in [1.29, 1.82) is 0 Å². The maximum Gasteiger partial charge on any atom is 0.326 e. The number of aromatic nitrogens is 1. The Morgan fingerprint density at radius 3 is 2.37 bits per heavy atom. The smallest absolute Gasteiger partial charge is 0.326 e. The molecule has 0 radical (unpaired) electrons. The van der Waals surface area contributed by atoms with E-state index in [1.54, 1.807) is 49.4 Å². The molecule has 1 saturated heterocycles. The topological polar surface area (TPSA) is 104 Å². The van der Waals surface area contributed by atoms with Crippen molar-refractivity contribution in [2.24, 2.45) is 5.92 Å². The minimum atomic E-state index is -0.814. The van der Waals surface area contributed by atoms with Gasteiger partial charge in [-0.05, 0) is 48.9 Å². The second-order valence-corrected chi connectivity index (χ2v) is 11.1. The number of esters is 1. The first-order chi connectivity index (χ1) is 18.3. The molecule has 1 aromatic heterocycles. The molecule has 0 saturated carbocycles. The summed E-state index contributed by atoms with van der Waals surface area (Å²) in [5.41, 5.74) is 1.10. The normalized spacial score (nSPS) is 20.2. The fourth-order valence-corrected chi connectivity index (χ4v) is 7.74. The molecule has 0 bridgehead atoms. The highest BCUT2D eigenvalue weighted by Gasteiger charge is 2.57. The second-order valence-electron chi connectivity index (χ2n) is 8.57. The Labute approximate surface area is 231 Å². The molecule has 38 heavy (non-hydrogen) atoms. The number of fused-ring (bicyclic) bond motifs is 2. The van der Waals surface area contributed by atoms with Crippen LogP contribution in [0, 0.1) is 5.92 Å². The molecule has 9 nitrogen and oxygen atoms in total. The summed E-state index contributed by atoms with van der Waals surface area (Å²) in [4.78, 5) is 54.4. The van der Waals surface area contributed by atoms with Gasteiger partial charge < -0.3 is 14.2 Å². The Bertz CT molecular complexity index is 1480. The first-order valence-corrected chi connectivity index (χ1v) is 13.8. The van der Waals surface area contributed by atoms with Gasteiger partial charge in [0.1, 0.15) is 11.8 Å². The van der Waals surface area contributed by atoms with Crippen molar-refractivity contribution in [2.75, 3.05) is 25.7 Å². The number of methoxy groups -OCH3 is 2. The summed E-state index contributed by atoms with van der Waals surface area (Å²) in [6, 6.07) is 11.8. The molecule has 0 N–H and O–H groups in total. The lowest BCUT2D eigenvalue weighted by atomic mass is 9.83. The maximum absolute atomic E-state index is 13.9. The van der Waals surface area contributed by atoms with Crippen LogP contribution >= 0.6 is 34.7 Å². The van der Waals surface area contributed by atoms with Gasteiger partial charge in [-0.15, -0.1) is 0 Å². The minimum absolute atomic E-state index is 0.176. The number of thiazole rings is 1. The standard InChI is InChI=1S/C26H23ClN2O7S2/c1-4-36-18(30)12-28-25-22(38-26(28)33)19(13-5-10-16(34-2)17(11-13)35-3)20-21(37-25)24(32)29(23(20)31)15-8-6-14(27)7-9-15/h5-11,19-21H,4,12H2,1-3H3. The summed E-state index contributed by atoms with van der Waals surface area (Å²) in [7, 11) is 3.03. The molecule has 0 aliphatic carbocycles. The number of ether oxygens (including phenoxy) is 3. The summed E-state index contributed by atoms with van der Waals surface area (Å²) in [5, 5.41) is 0.146. The Hall–Kier alpha value is -3.28. The molecule has 3 atom stereocenters. The molecular formula is C26H23ClN2O7S2. The van der Waals surface area contributed by atoms with E-state index >= 15 is 0 Å². The predicted molar refractivity (Wildman–Crippen MR) is 144 cm³/mol. The molecule has 12 heteroatoms. The maximum atomic E-state index is 13.9. The fraction of sp³-hybridized carbons (Fsp3) is 0.308. The molecule has 2 aromatic carbocycles. The molecule has 198 valence electrons. The van der Waals surface area contributed by atoms with Crippen molar-refractivity contribution in [2.45, 2.75) is 29.7 Å². The molecule has 1 fully saturated rings. The van der Waals surface area contributed by atoms with E-state index in [9.17, 15) is 19.2 Å². The van der Waals surface area contributed by atoms with Crippen LogP contribution < -0.4 is 19.2 Å². The van der Waals surface area contributed by atoms with Crippen LogP contribution in [0.1, 0.15) is 23.3 Å². The van der Waals surface area contributed by atoms with Crippen LogP contribution in [0.2, 0.25) is 5.02 Å². The molecular weight excluding hydrogens is 552 g/mol. The van der Waals surface area contributed by atoms with Crippen molar-refractivity contribution in [3.8, 4) is 11.5 Å². The third-order valence-corrected chi connectivity index (χ3v) is 9.35. The van der Waals surface area contributed by atoms with Gasteiger partial charge in [0.2, 0.25) is 11.8 Å². The highest BCUT2D eigenvalue weighted by atomic mass is 35.5. The van der Waals surface area contributed by atoms with E-state index in [2.05, 4.69) is 0 Å². The molecule has 2 aliphatic rings. The lowest BCUT2D eigenvalue weighted by Crippen LogP contribution is -2.32. The quantitative estimate of drug-likeness (QED) is 0.309. The average molecular weight is 575 g/mol. The molecule has 5 rings (SSSR count). The fourth-order valence-electron chi connectivity index (χ4n) is 4.84. The second kappa shape index (κ2) is 10.5. The van der Waals surface area contributed by atoms with Gasteiger partial charge in [0.25, 0.3) is 0 Å². The summed E-state index contributed by atoms with van der Waals surface area (Å²) in [6.07, 6.45) is 0. The van der Waals surface area contributed by atoms with Crippen LogP contribution in [-0.4, -0.2) is 48.4 Å². The van der Waals surface area contributed by atoms with Gasteiger partial charge in [0.05, 0.1) is 37.5 Å². The molecule has 3 heterocycles. The van der Waals surface area contributed by atoms with E-state index in [1.165, 1.54) is 23.7 Å². The number of anilines is 1. The number of imide groups is 1. The van der Waals surface area contributed by atoms with Crippen molar-refractivity contribution in [1.82, 2.24) is 4.57 Å². The number of nitrogens with zero attached hydrogens (tertiary/aromatic N) is 2. The number of carbonyl (C=O) groups is 3. The summed E-state index contributed by atoms with van der Waals surface area (Å²) in [6.45, 7) is 1.57. The Morgan fingerprint density at radius 2 is 1.71 bits per heavy atom. The molecule has 0 spiro atoms. The minimum Gasteiger partial charge on any atom is -0.493 e. The van der Waals surface area contributed by atoms with E-state index < -0.39 is 29.0 Å². The summed E-state index contributed by atoms with van der Waals surface area (Å²) < 4.78 is 17.3. The van der Waals surface area contributed by atoms with Gasteiger partial charge in [0.15, 0.2) is 11.5 Å². The number of hydrogen-bond acceptors (Lipinski definition) is 9. The van der Waals surface area contributed by atoms with Gasteiger partial charge in [0, 0.05) is 15.8 Å². The average Bonchev–Trinajstić information content (AvgIpc) is 3.35. The van der Waals surface area contributed by atoms with E-state index in [0.29, 0.717) is 37.7 Å². The Balaban J connectivity index is 1.67. The third kappa shape index (κ3) is 4.38. The highest BCUT2D eigenvalue weighted by molar-refractivity contribution is 8.00. The van der Waals surface area contributed by atoms with Crippen LogP contribution in [-0.2, 0) is 25.7 Å². The van der Waals surface area contributed by atoms with Gasteiger partial charge in [-0.25, -0.2) is 4.90 Å². The van der Waals surface area contributed by atoms with Gasteiger partial charge >= 0.3 is 10.8 Å². The predicted octanol–water partition coefficient (Wildman–Crippen LogP) is 3.94. The number of carbonyl (C=O) groups excluding carboxylic acids is 3. The van der Waals surface area contributed by atoms with Gasteiger partial charge in [-0.2, -0.15) is 0 Å². The zero-order valence-electron chi connectivity index (χ0n) is 20.6. The lowest BCUT2D eigenvalue weighted by molar-refractivity contribution is -0.144. The van der Waals surface area contributed by atoms with Crippen molar-refractivity contribution >= 4 is 58.2 Å². The number of benzene rings is 2. The number of rotatable bonds is 7. The van der Waals surface area contributed by atoms with Crippen LogP contribution in [0.5, 0.6) is 11.5 Å². The summed E-state index contributed by atoms with van der Waals surface area (Å²) >= 11 is 8.13. The largest absolute Gasteiger partial charge is 0.493 e. The van der Waals surface area contributed by atoms with Crippen molar-refractivity contribution in [3.05, 3.63) is 67.6 Å². The highest BCUT2D eigenvalue weighted by Crippen LogP contribution is 2.54. The van der Waals surface area contributed by atoms with Crippen LogP contribution in [0.4, 0.5) is 5.69 Å².